The summed E-state index contributed by atoms with van der Waals surface area (Å²) in [6, 6.07) is 4.06. The molecular formula is C12H16N4OS2. The molecule has 0 atom stereocenters. The number of aromatic nitrogens is 1. The van der Waals surface area contributed by atoms with E-state index in [4.69, 9.17) is 5.73 Å². The second kappa shape index (κ2) is 6.53. The van der Waals surface area contributed by atoms with Crippen LogP contribution in [0.4, 0.5) is 10.9 Å². The fourth-order valence-electron chi connectivity index (χ4n) is 1.56. The highest BCUT2D eigenvalue weighted by Gasteiger charge is 2.15. The fourth-order valence-corrected chi connectivity index (χ4v) is 3.13. The molecule has 0 bridgehead atoms. The van der Waals surface area contributed by atoms with E-state index in [1.165, 1.54) is 16.2 Å². The van der Waals surface area contributed by atoms with E-state index in [1.807, 2.05) is 18.4 Å². The monoisotopic (exact) mass is 296 g/mol. The highest BCUT2D eigenvalue weighted by molar-refractivity contribution is 7.18. The minimum absolute atomic E-state index is 0.157. The number of thiazole rings is 1. The number of nitrogens with zero attached hydrogens (tertiary/aromatic N) is 1. The molecule has 2 aromatic heterocycles. The van der Waals surface area contributed by atoms with E-state index in [1.54, 1.807) is 11.3 Å². The maximum Gasteiger partial charge on any atom is 0.265 e. The Morgan fingerprint density at radius 1 is 1.53 bits per heavy atom. The zero-order valence-electron chi connectivity index (χ0n) is 10.6. The minimum atomic E-state index is -0.157. The van der Waals surface area contributed by atoms with Gasteiger partial charge in [-0.25, -0.2) is 4.98 Å². The predicted molar refractivity (Wildman–Crippen MR) is 81.0 cm³/mol. The molecule has 0 fully saturated rings. The van der Waals surface area contributed by atoms with Crippen molar-refractivity contribution >= 4 is 39.5 Å². The van der Waals surface area contributed by atoms with Crippen molar-refractivity contribution in [1.29, 1.82) is 0 Å². The molecule has 0 saturated heterocycles. The van der Waals surface area contributed by atoms with Gasteiger partial charge in [0.15, 0.2) is 5.13 Å². The first-order valence-electron chi connectivity index (χ1n) is 6.01. The van der Waals surface area contributed by atoms with Crippen LogP contribution in [0.25, 0.3) is 0 Å². The Kier molecular flexibility index (Phi) is 4.75. The lowest BCUT2D eigenvalue weighted by molar-refractivity contribution is 0.0959. The minimum Gasteiger partial charge on any atom is -0.382 e. The molecule has 7 heteroatoms. The van der Waals surface area contributed by atoms with Crippen molar-refractivity contribution in [2.45, 2.75) is 13.3 Å². The SMILES string of the molecule is CCNc1nc(N)c(C(=O)NCCc2cccs2)s1. The number of nitrogens with one attached hydrogen (secondary N) is 2. The summed E-state index contributed by atoms with van der Waals surface area (Å²) in [5, 5.41) is 8.63. The molecule has 2 rings (SSSR count). The van der Waals surface area contributed by atoms with E-state index < -0.39 is 0 Å². The number of nitrogen functional groups attached to an aromatic ring is 1. The number of thiophene rings is 1. The number of carbonyl (C=O) groups excluding carboxylic acids is 1. The molecule has 0 aliphatic carbocycles. The molecule has 19 heavy (non-hydrogen) atoms. The van der Waals surface area contributed by atoms with Crippen LogP contribution in [0.1, 0.15) is 21.5 Å². The molecule has 0 unspecified atom stereocenters. The van der Waals surface area contributed by atoms with Gasteiger partial charge in [0.25, 0.3) is 5.91 Å². The number of rotatable bonds is 6. The highest BCUT2D eigenvalue weighted by atomic mass is 32.1. The first-order chi connectivity index (χ1) is 9.20. The summed E-state index contributed by atoms with van der Waals surface area (Å²) in [5.74, 6) is 0.130. The van der Waals surface area contributed by atoms with Crippen LogP contribution in [0.5, 0.6) is 0 Å². The lowest BCUT2D eigenvalue weighted by Crippen LogP contribution is -2.25. The maximum atomic E-state index is 12.0. The van der Waals surface area contributed by atoms with Crippen LogP contribution in [0.15, 0.2) is 17.5 Å². The van der Waals surface area contributed by atoms with Gasteiger partial charge in [0.2, 0.25) is 0 Å². The van der Waals surface area contributed by atoms with E-state index in [9.17, 15) is 4.79 Å². The Bertz CT molecular complexity index is 536. The van der Waals surface area contributed by atoms with Gasteiger partial charge in [-0.15, -0.1) is 11.3 Å². The van der Waals surface area contributed by atoms with Gasteiger partial charge in [-0.1, -0.05) is 17.4 Å². The Balaban J connectivity index is 1.88. The van der Waals surface area contributed by atoms with Crippen molar-refractivity contribution in [2.24, 2.45) is 0 Å². The molecule has 2 heterocycles. The summed E-state index contributed by atoms with van der Waals surface area (Å²) in [5.41, 5.74) is 5.74. The topological polar surface area (TPSA) is 80.0 Å². The van der Waals surface area contributed by atoms with Crippen molar-refractivity contribution in [3.05, 3.63) is 27.3 Å². The second-order valence-corrected chi connectivity index (χ2v) is 5.88. The molecule has 0 saturated carbocycles. The number of hydrogen-bond acceptors (Lipinski definition) is 6. The third-order valence-corrected chi connectivity index (χ3v) is 4.39. The van der Waals surface area contributed by atoms with Gasteiger partial charge in [-0.3, -0.25) is 4.79 Å². The van der Waals surface area contributed by atoms with Crippen LogP contribution in [0.2, 0.25) is 0 Å². The Morgan fingerprint density at radius 3 is 3.05 bits per heavy atom. The maximum absolute atomic E-state index is 12.0. The van der Waals surface area contributed by atoms with Gasteiger partial charge in [0, 0.05) is 18.0 Å². The van der Waals surface area contributed by atoms with Crippen LogP contribution >= 0.6 is 22.7 Å². The zero-order chi connectivity index (χ0) is 13.7. The first kappa shape index (κ1) is 13.8. The van der Waals surface area contributed by atoms with E-state index in [0.29, 0.717) is 16.6 Å². The molecule has 0 spiro atoms. The molecule has 4 N–H and O–H groups in total. The van der Waals surface area contributed by atoms with Crippen molar-refractivity contribution in [3.63, 3.8) is 0 Å². The molecule has 102 valence electrons. The molecule has 0 aliphatic rings. The van der Waals surface area contributed by atoms with Gasteiger partial charge in [-0.05, 0) is 24.8 Å². The van der Waals surface area contributed by atoms with Crippen LogP contribution < -0.4 is 16.4 Å². The number of anilines is 2. The third-order valence-electron chi connectivity index (χ3n) is 2.42. The van der Waals surface area contributed by atoms with E-state index in [-0.39, 0.29) is 11.7 Å². The van der Waals surface area contributed by atoms with Crippen molar-refractivity contribution in [3.8, 4) is 0 Å². The molecular weight excluding hydrogens is 280 g/mol. The second-order valence-electron chi connectivity index (χ2n) is 3.85. The van der Waals surface area contributed by atoms with Crippen LogP contribution in [0.3, 0.4) is 0 Å². The number of carbonyl (C=O) groups is 1. The summed E-state index contributed by atoms with van der Waals surface area (Å²) < 4.78 is 0. The highest BCUT2D eigenvalue weighted by Crippen LogP contribution is 2.24. The molecule has 1 amide bonds. The molecule has 0 aliphatic heterocycles. The fraction of sp³-hybridized carbons (Fsp3) is 0.333. The summed E-state index contributed by atoms with van der Waals surface area (Å²) in [7, 11) is 0. The lowest BCUT2D eigenvalue weighted by Gasteiger charge is -2.02. The zero-order valence-corrected chi connectivity index (χ0v) is 12.2. The van der Waals surface area contributed by atoms with Gasteiger partial charge in [-0.2, -0.15) is 0 Å². The van der Waals surface area contributed by atoms with Gasteiger partial charge < -0.3 is 16.4 Å². The van der Waals surface area contributed by atoms with E-state index in [2.05, 4.69) is 21.7 Å². The summed E-state index contributed by atoms with van der Waals surface area (Å²) in [6.45, 7) is 3.33. The van der Waals surface area contributed by atoms with E-state index in [0.717, 1.165) is 13.0 Å². The Hall–Kier alpha value is -1.60. The van der Waals surface area contributed by atoms with Gasteiger partial charge in [0.1, 0.15) is 10.7 Å². The lowest BCUT2D eigenvalue weighted by atomic mass is 10.3. The predicted octanol–water partition coefficient (Wildman–Crippen LogP) is 2.19. The smallest absolute Gasteiger partial charge is 0.265 e. The standard InChI is InChI=1S/C12H16N4OS2/c1-2-14-12-16-10(13)9(19-12)11(17)15-6-5-8-4-3-7-18-8/h3-4,7H,2,5-6,13H2,1H3,(H,14,16)(H,15,17). The largest absolute Gasteiger partial charge is 0.382 e. The average molecular weight is 296 g/mol. The number of hydrogen-bond donors (Lipinski definition) is 3. The van der Waals surface area contributed by atoms with Crippen molar-refractivity contribution in [1.82, 2.24) is 10.3 Å². The quantitative estimate of drug-likeness (QED) is 0.763. The Labute approximate surface area is 119 Å². The van der Waals surface area contributed by atoms with E-state index >= 15 is 0 Å². The summed E-state index contributed by atoms with van der Waals surface area (Å²) in [4.78, 5) is 17.8. The normalized spacial score (nSPS) is 10.4. The number of nitrogens with two attached hydrogens (primary N) is 1. The molecule has 5 nitrogen and oxygen atoms in total. The van der Waals surface area contributed by atoms with Gasteiger partial charge in [0.05, 0.1) is 0 Å². The Morgan fingerprint density at radius 2 is 2.37 bits per heavy atom. The van der Waals surface area contributed by atoms with Crippen molar-refractivity contribution < 1.29 is 4.79 Å². The molecule has 0 radical (unpaired) electrons. The number of amides is 1. The summed E-state index contributed by atoms with van der Waals surface area (Å²) in [6.07, 6.45) is 0.835. The molecule has 0 aromatic carbocycles. The van der Waals surface area contributed by atoms with Crippen molar-refractivity contribution in [2.75, 3.05) is 24.1 Å². The van der Waals surface area contributed by atoms with Crippen LogP contribution in [0, 0.1) is 0 Å². The van der Waals surface area contributed by atoms with Crippen LogP contribution in [-0.4, -0.2) is 24.0 Å². The molecule has 2 aromatic rings. The van der Waals surface area contributed by atoms with Crippen LogP contribution in [-0.2, 0) is 6.42 Å². The average Bonchev–Trinajstić information content (AvgIpc) is 2.99. The first-order valence-corrected chi connectivity index (χ1v) is 7.71. The summed E-state index contributed by atoms with van der Waals surface area (Å²) >= 11 is 2.97. The van der Waals surface area contributed by atoms with Gasteiger partial charge >= 0.3 is 0 Å². The third kappa shape index (κ3) is 3.68.